The Morgan fingerprint density at radius 1 is 1.38 bits per heavy atom. The molecule has 0 aromatic heterocycles. The van der Waals surface area contributed by atoms with Crippen LogP contribution < -0.4 is 4.74 Å². The molecule has 1 fully saturated rings. The summed E-state index contributed by atoms with van der Waals surface area (Å²) < 4.78 is 25.4. The summed E-state index contributed by atoms with van der Waals surface area (Å²) in [4.78, 5) is 24.7. The Morgan fingerprint density at radius 2 is 2.04 bits per heavy atom. The highest BCUT2D eigenvalue weighted by atomic mass is 127. The van der Waals surface area contributed by atoms with Crippen molar-refractivity contribution in [2.75, 3.05) is 6.54 Å². The number of carboxylic acids is 1. The molecule has 0 aliphatic carbocycles. The number of rotatable bonds is 3. The van der Waals surface area contributed by atoms with E-state index in [4.69, 9.17) is 9.47 Å². The van der Waals surface area contributed by atoms with Gasteiger partial charge in [-0.25, -0.2) is 14.0 Å². The van der Waals surface area contributed by atoms with Gasteiger partial charge < -0.3 is 14.6 Å². The average molecular weight is 451 g/mol. The van der Waals surface area contributed by atoms with Gasteiger partial charge in [0.05, 0.1) is 6.54 Å². The van der Waals surface area contributed by atoms with Crippen LogP contribution in [-0.4, -0.2) is 46.4 Å². The third-order valence-electron chi connectivity index (χ3n) is 3.36. The van der Waals surface area contributed by atoms with Gasteiger partial charge in [0.1, 0.15) is 17.7 Å². The molecule has 2 rings (SSSR count). The molecule has 1 aromatic rings. The van der Waals surface area contributed by atoms with Crippen molar-refractivity contribution in [1.82, 2.24) is 4.90 Å². The van der Waals surface area contributed by atoms with E-state index in [9.17, 15) is 19.1 Å². The number of nitrogens with zero attached hydrogens (tertiary/aromatic N) is 1. The lowest BCUT2D eigenvalue weighted by Crippen LogP contribution is -2.43. The van der Waals surface area contributed by atoms with Crippen LogP contribution in [0.2, 0.25) is 0 Å². The van der Waals surface area contributed by atoms with E-state index in [1.807, 2.05) is 22.6 Å². The molecule has 132 valence electrons. The quantitative estimate of drug-likeness (QED) is 0.715. The summed E-state index contributed by atoms with van der Waals surface area (Å²) in [6, 6.07) is 3.44. The molecule has 0 unspecified atom stereocenters. The maximum absolute atomic E-state index is 13.9. The molecule has 0 spiro atoms. The molecule has 1 N–H and O–H groups in total. The second-order valence-electron chi connectivity index (χ2n) is 6.54. The summed E-state index contributed by atoms with van der Waals surface area (Å²) >= 11 is 1.98. The number of aliphatic carboxylic acids is 1. The van der Waals surface area contributed by atoms with Crippen molar-refractivity contribution in [2.24, 2.45) is 0 Å². The Labute approximate surface area is 153 Å². The third kappa shape index (κ3) is 4.71. The Kier molecular flexibility index (Phi) is 5.56. The van der Waals surface area contributed by atoms with Crippen LogP contribution in [0.4, 0.5) is 9.18 Å². The lowest BCUT2D eigenvalue weighted by molar-refractivity contribution is -0.142. The second-order valence-corrected chi connectivity index (χ2v) is 7.78. The Balaban J connectivity index is 2.11. The first-order chi connectivity index (χ1) is 11.1. The first kappa shape index (κ1) is 18.8. The SMILES string of the molecule is CC(C)(C)OC(=O)N1C[C@@H](Oc2ccc(I)cc2F)C[C@@H]1C(=O)O. The molecule has 6 nitrogen and oxygen atoms in total. The number of amides is 1. The van der Waals surface area contributed by atoms with Crippen molar-refractivity contribution >= 4 is 34.7 Å². The van der Waals surface area contributed by atoms with Crippen LogP contribution in [0.3, 0.4) is 0 Å². The van der Waals surface area contributed by atoms with Crippen LogP contribution in [0.25, 0.3) is 0 Å². The fourth-order valence-electron chi connectivity index (χ4n) is 2.39. The molecule has 2 atom stereocenters. The van der Waals surface area contributed by atoms with Crippen LogP contribution in [0.1, 0.15) is 27.2 Å². The van der Waals surface area contributed by atoms with Crippen LogP contribution in [0, 0.1) is 9.39 Å². The molecule has 1 amide bonds. The molecule has 1 aromatic carbocycles. The minimum atomic E-state index is -1.14. The highest BCUT2D eigenvalue weighted by molar-refractivity contribution is 14.1. The largest absolute Gasteiger partial charge is 0.485 e. The smallest absolute Gasteiger partial charge is 0.411 e. The summed E-state index contributed by atoms with van der Waals surface area (Å²) in [5.74, 6) is -1.63. The predicted octanol–water partition coefficient (Wildman–Crippen LogP) is 3.27. The van der Waals surface area contributed by atoms with Gasteiger partial charge in [-0.3, -0.25) is 4.90 Å². The fraction of sp³-hybridized carbons (Fsp3) is 0.500. The zero-order chi connectivity index (χ0) is 18.1. The van der Waals surface area contributed by atoms with Gasteiger partial charge in [-0.1, -0.05) is 0 Å². The summed E-state index contributed by atoms with van der Waals surface area (Å²) in [5.41, 5.74) is -0.735. The maximum atomic E-state index is 13.9. The molecule has 24 heavy (non-hydrogen) atoms. The van der Waals surface area contributed by atoms with Gasteiger partial charge in [-0.2, -0.15) is 0 Å². The highest BCUT2D eigenvalue weighted by Crippen LogP contribution is 2.27. The number of hydrogen-bond donors (Lipinski definition) is 1. The Morgan fingerprint density at radius 3 is 2.58 bits per heavy atom. The molecule has 0 bridgehead atoms. The number of carbonyl (C=O) groups is 2. The first-order valence-corrected chi connectivity index (χ1v) is 8.49. The van der Waals surface area contributed by atoms with Gasteiger partial charge in [0.2, 0.25) is 0 Å². The lowest BCUT2D eigenvalue weighted by atomic mass is 10.2. The van der Waals surface area contributed by atoms with Gasteiger partial charge in [0, 0.05) is 9.99 Å². The van der Waals surface area contributed by atoms with Crippen molar-refractivity contribution in [3.8, 4) is 5.75 Å². The van der Waals surface area contributed by atoms with E-state index in [0.29, 0.717) is 0 Å². The molecule has 8 heteroatoms. The number of carboxylic acid groups (broad SMARTS) is 1. The summed E-state index contributed by atoms with van der Waals surface area (Å²) in [5, 5.41) is 9.33. The molecule has 1 aliphatic rings. The number of likely N-dealkylation sites (tertiary alicyclic amines) is 1. The Hall–Kier alpha value is -1.58. The van der Waals surface area contributed by atoms with E-state index in [2.05, 4.69) is 0 Å². The number of halogens is 2. The number of ether oxygens (including phenoxy) is 2. The van der Waals surface area contributed by atoms with E-state index < -0.39 is 35.6 Å². The van der Waals surface area contributed by atoms with Gasteiger partial charge in [0.25, 0.3) is 0 Å². The fourth-order valence-corrected chi connectivity index (χ4v) is 2.84. The summed E-state index contributed by atoms with van der Waals surface area (Å²) in [6.45, 7) is 5.13. The topological polar surface area (TPSA) is 76.1 Å². The minimum absolute atomic E-state index is 0.0251. The van der Waals surface area contributed by atoms with Crippen molar-refractivity contribution < 1.29 is 28.6 Å². The molecule has 1 aliphatic heterocycles. The molecule has 0 saturated carbocycles. The maximum Gasteiger partial charge on any atom is 0.411 e. The monoisotopic (exact) mass is 451 g/mol. The van der Waals surface area contributed by atoms with E-state index in [0.717, 1.165) is 8.47 Å². The van der Waals surface area contributed by atoms with Crippen molar-refractivity contribution in [1.29, 1.82) is 0 Å². The lowest BCUT2D eigenvalue weighted by Gasteiger charge is -2.26. The predicted molar refractivity (Wildman–Crippen MR) is 92.5 cm³/mol. The standard InChI is InChI=1S/C16H19FINO5/c1-16(2,3)24-15(22)19-8-10(7-12(19)14(20)21)23-13-5-4-9(18)6-11(13)17/h4-6,10,12H,7-8H2,1-3H3,(H,20,21)/t10-,12+/m0/s1. The zero-order valence-electron chi connectivity index (χ0n) is 13.6. The number of benzene rings is 1. The van der Waals surface area contributed by atoms with Crippen LogP contribution in [-0.2, 0) is 9.53 Å². The zero-order valence-corrected chi connectivity index (χ0v) is 15.7. The van der Waals surface area contributed by atoms with Gasteiger partial charge >= 0.3 is 12.1 Å². The molecular weight excluding hydrogens is 432 g/mol. The van der Waals surface area contributed by atoms with E-state index in [1.54, 1.807) is 26.8 Å². The van der Waals surface area contributed by atoms with E-state index >= 15 is 0 Å². The third-order valence-corrected chi connectivity index (χ3v) is 4.03. The second kappa shape index (κ2) is 7.12. The van der Waals surface area contributed by atoms with Crippen LogP contribution in [0.15, 0.2) is 18.2 Å². The summed E-state index contributed by atoms with van der Waals surface area (Å²) in [7, 11) is 0. The van der Waals surface area contributed by atoms with Crippen molar-refractivity contribution in [3.63, 3.8) is 0 Å². The molecule has 1 saturated heterocycles. The molecule has 0 radical (unpaired) electrons. The number of carbonyl (C=O) groups excluding carboxylic acids is 1. The molecule has 1 heterocycles. The van der Waals surface area contributed by atoms with E-state index in [1.165, 1.54) is 12.1 Å². The highest BCUT2D eigenvalue weighted by Gasteiger charge is 2.42. The first-order valence-electron chi connectivity index (χ1n) is 7.41. The Bertz CT molecular complexity index is 646. The van der Waals surface area contributed by atoms with Gasteiger partial charge in [-0.15, -0.1) is 0 Å². The summed E-state index contributed by atoms with van der Waals surface area (Å²) in [6.07, 6.45) is -1.27. The molecular formula is C16H19FINO5. The van der Waals surface area contributed by atoms with Gasteiger partial charge in [-0.05, 0) is 61.6 Å². The van der Waals surface area contributed by atoms with Crippen LogP contribution >= 0.6 is 22.6 Å². The number of hydrogen-bond acceptors (Lipinski definition) is 4. The van der Waals surface area contributed by atoms with E-state index in [-0.39, 0.29) is 18.7 Å². The van der Waals surface area contributed by atoms with Crippen molar-refractivity contribution in [2.45, 2.75) is 44.9 Å². The van der Waals surface area contributed by atoms with Crippen LogP contribution in [0.5, 0.6) is 5.75 Å². The minimum Gasteiger partial charge on any atom is -0.485 e. The van der Waals surface area contributed by atoms with Crippen molar-refractivity contribution in [3.05, 3.63) is 27.6 Å². The average Bonchev–Trinajstić information content (AvgIpc) is 2.84. The normalized spacial score (nSPS) is 20.8. The van der Waals surface area contributed by atoms with Gasteiger partial charge in [0.15, 0.2) is 11.6 Å².